The molecule has 0 aromatic carbocycles. The molecule has 0 N–H and O–H groups in total. The van der Waals surface area contributed by atoms with Gasteiger partial charge in [-0.2, -0.15) is 0 Å². The first-order valence-corrected chi connectivity index (χ1v) is 9.53. The number of nitrogens with zero attached hydrogens (tertiary/aromatic N) is 3. The Kier molecular flexibility index (Phi) is 5.92. The van der Waals surface area contributed by atoms with Crippen LogP contribution in [0.4, 0.5) is 0 Å². The first-order valence-electron chi connectivity index (χ1n) is 8.54. The molecule has 2 aromatic rings. The molecule has 26 heavy (non-hydrogen) atoms. The molecule has 1 fully saturated rings. The highest BCUT2D eigenvalue weighted by atomic mass is 32.2. The number of rotatable bonds is 6. The van der Waals surface area contributed by atoms with Gasteiger partial charge in [-0.3, -0.25) is 4.79 Å². The summed E-state index contributed by atoms with van der Waals surface area (Å²) in [6.45, 7) is 4.89. The van der Waals surface area contributed by atoms with Crippen LogP contribution in [0.1, 0.15) is 41.6 Å². The fraction of sp³-hybridized carbons (Fsp3) is 0.444. The van der Waals surface area contributed by atoms with Crippen LogP contribution in [0.5, 0.6) is 0 Å². The summed E-state index contributed by atoms with van der Waals surface area (Å²) in [4.78, 5) is 30.8. The van der Waals surface area contributed by atoms with Gasteiger partial charge in [0.2, 0.25) is 0 Å². The van der Waals surface area contributed by atoms with Crippen molar-refractivity contribution in [1.29, 1.82) is 0 Å². The van der Waals surface area contributed by atoms with Crippen LogP contribution in [0, 0.1) is 6.92 Å². The minimum Gasteiger partial charge on any atom is -0.449 e. The van der Waals surface area contributed by atoms with Crippen molar-refractivity contribution in [2.45, 2.75) is 43.6 Å². The molecule has 1 amide bonds. The summed E-state index contributed by atoms with van der Waals surface area (Å²) < 4.78 is 10.4. The number of thioether (sulfide) groups is 1. The summed E-state index contributed by atoms with van der Waals surface area (Å²) in [5, 5.41) is 4.47. The predicted octanol–water partition coefficient (Wildman–Crippen LogP) is 2.84. The molecule has 0 saturated carbocycles. The fourth-order valence-electron chi connectivity index (χ4n) is 2.76. The van der Waals surface area contributed by atoms with Crippen molar-refractivity contribution in [1.82, 2.24) is 15.0 Å². The Hall–Kier alpha value is -2.35. The fourth-order valence-corrected chi connectivity index (χ4v) is 3.62. The molecule has 0 spiro atoms. The molecule has 1 aliphatic rings. The van der Waals surface area contributed by atoms with Crippen molar-refractivity contribution in [3.63, 3.8) is 0 Å². The summed E-state index contributed by atoms with van der Waals surface area (Å²) >= 11 is 1.37. The molecule has 2 aromatic heterocycles. The van der Waals surface area contributed by atoms with E-state index in [2.05, 4.69) is 10.1 Å². The van der Waals surface area contributed by atoms with Crippen LogP contribution >= 0.6 is 11.8 Å². The molecular weight excluding hydrogens is 354 g/mol. The number of carbonyl (C=O) groups is 2. The van der Waals surface area contributed by atoms with Crippen LogP contribution in [-0.2, 0) is 15.3 Å². The lowest BCUT2D eigenvalue weighted by Gasteiger charge is -2.20. The molecule has 0 bridgehead atoms. The van der Waals surface area contributed by atoms with Crippen molar-refractivity contribution < 1.29 is 18.8 Å². The third-order valence-electron chi connectivity index (χ3n) is 4.07. The van der Waals surface area contributed by atoms with E-state index in [1.165, 1.54) is 11.8 Å². The smallest absolute Gasteiger partial charge is 0.341 e. The quantitative estimate of drug-likeness (QED) is 0.567. The van der Waals surface area contributed by atoms with Crippen LogP contribution in [0.3, 0.4) is 0 Å². The lowest BCUT2D eigenvalue weighted by Crippen LogP contribution is -2.38. The molecule has 0 unspecified atom stereocenters. The van der Waals surface area contributed by atoms with Gasteiger partial charge in [0.1, 0.15) is 10.8 Å². The van der Waals surface area contributed by atoms with Gasteiger partial charge in [-0.05, 0) is 38.8 Å². The van der Waals surface area contributed by atoms with Crippen LogP contribution in [0.15, 0.2) is 33.9 Å². The zero-order valence-electron chi connectivity index (χ0n) is 14.8. The van der Waals surface area contributed by atoms with Gasteiger partial charge in [0, 0.05) is 31.1 Å². The van der Waals surface area contributed by atoms with Crippen LogP contribution < -0.4 is 0 Å². The summed E-state index contributed by atoms with van der Waals surface area (Å²) in [5.74, 6) is 0.566. The van der Waals surface area contributed by atoms with Gasteiger partial charge in [0.25, 0.3) is 5.91 Å². The van der Waals surface area contributed by atoms with Crippen LogP contribution in [0.25, 0.3) is 0 Å². The first kappa shape index (κ1) is 18.4. The summed E-state index contributed by atoms with van der Waals surface area (Å²) in [6, 6.07) is 5.16. The number of hydrogen-bond acceptors (Lipinski definition) is 7. The molecule has 7 nitrogen and oxygen atoms in total. The number of esters is 1. The second kappa shape index (κ2) is 8.35. The standard InChI is InChI=1S/C18H21N3O4S/c1-12-10-14(20-25-12)11-26-16-15(6-5-7-19-16)18(23)24-13(2)17(22)21-8-3-4-9-21/h5-7,10,13H,3-4,8-9,11H2,1-2H3/t13-/m1/s1. The molecule has 1 atom stereocenters. The van der Waals surface area contributed by atoms with E-state index < -0.39 is 12.1 Å². The average Bonchev–Trinajstić information content (AvgIpc) is 3.31. The monoisotopic (exact) mass is 375 g/mol. The zero-order chi connectivity index (χ0) is 18.5. The van der Waals surface area contributed by atoms with E-state index in [0.717, 1.165) is 37.4 Å². The van der Waals surface area contributed by atoms with Crippen molar-refractivity contribution in [3.8, 4) is 0 Å². The molecule has 3 heterocycles. The first-order chi connectivity index (χ1) is 12.5. The highest BCUT2D eigenvalue weighted by molar-refractivity contribution is 7.98. The topological polar surface area (TPSA) is 85.5 Å². The summed E-state index contributed by atoms with van der Waals surface area (Å²) in [5.41, 5.74) is 1.12. The van der Waals surface area contributed by atoms with Gasteiger partial charge in [-0.1, -0.05) is 16.9 Å². The van der Waals surface area contributed by atoms with E-state index in [-0.39, 0.29) is 5.91 Å². The Morgan fingerprint density at radius 2 is 2.15 bits per heavy atom. The van der Waals surface area contributed by atoms with E-state index in [4.69, 9.17) is 9.26 Å². The normalized spacial score (nSPS) is 15.1. The van der Waals surface area contributed by atoms with Gasteiger partial charge in [0.05, 0.1) is 11.3 Å². The number of hydrogen-bond donors (Lipinski definition) is 0. The van der Waals surface area contributed by atoms with Crippen LogP contribution in [0.2, 0.25) is 0 Å². The maximum absolute atomic E-state index is 12.5. The average molecular weight is 375 g/mol. The second-order valence-electron chi connectivity index (χ2n) is 6.15. The van der Waals surface area contributed by atoms with Gasteiger partial charge in [-0.25, -0.2) is 9.78 Å². The number of pyridine rings is 1. The Labute approximate surface area is 156 Å². The van der Waals surface area contributed by atoms with Crippen molar-refractivity contribution in [2.75, 3.05) is 13.1 Å². The van der Waals surface area contributed by atoms with Crippen molar-refractivity contribution in [3.05, 3.63) is 41.4 Å². The number of aromatic nitrogens is 2. The molecule has 1 saturated heterocycles. The van der Waals surface area contributed by atoms with E-state index in [1.54, 1.807) is 30.2 Å². The molecule has 0 radical (unpaired) electrons. The third kappa shape index (κ3) is 4.43. The molecule has 1 aliphatic heterocycles. The molecule has 0 aliphatic carbocycles. The minimum atomic E-state index is -0.808. The number of likely N-dealkylation sites (tertiary alicyclic amines) is 1. The number of ether oxygens (including phenoxy) is 1. The van der Waals surface area contributed by atoms with E-state index in [0.29, 0.717) is 16.3 Å². The third-order valence-corrected chi connectivity index (χ3v) is 5.11. The summed E-state index contributed by atoms with van der Waals surface area (Å²) in [6.07, 6.45) is 2.80. The lowest BCUT2D eigenvalue weighted by atomic mass is 10.3. The Balaban J connectivity index is 1.64. The van der Waals surface area contributed by atoms with Gasteiger partial charge < -0.3 is 14.2 Å². The van der Waals surface area contributed by atoms with Crippen molar-refractivity contribution in [2.24, 2.45) is 0 Å². The maximum atomic E-state index is 12.5. The Bertz CT molecular complexity index is 786. The largest absolute Gasteiger partial charge is 0.449 e. The lowest BCUT2D eigenvalue weighted by molar-refractivity contribution is -0.138. The highest BCUT2D eigenvalue weighted by Crippen LogP contribution is 2.25. The molecule has 3 rings (SSSR count). The zero-order valence-corrected chi connectivity index (χ0v) is 15.6. The van der Waals surface area contributed by atoms with Crippen LogP contribution in [-0.4, -0.2) is 46.1 Å². The Morgan fingerprint density at radius 3 is 2.85 bits per heavy atom. The SMILES string of the molecule is Cc1cc(CSc2ncccc2C(=O)O[C@H](C)C(=O)N2CCCC2)no1. The number of carbonyl (C=O) groups excluding carboxylic acids is 2. The maximum Gasteiger partial charge on any atom is 0.341 e. The number of amides is 1. The molecular formula is C18H21N3O4S. The summed E-state index contributed by atoms with van der Waals surface area (Å²) in [7, 11) is 0. The van der Waals surface area contributed by atoms with E-state index in [9.17, 15) is 9.59 Å². The van der Waals surface area contributed by atoms with Crippen molar-refractivity contribution >= 4 is 23.6 Å². The Morgan fingerprint density at radius 1 is 1.38 bits per heavy atom. The predicted molar refractivity (Wildman–Crippen MR) is 95.7 cm³/mol. The highest BCUT2D eigenvalue weighted by Gasteiger charge is 2.27. The molecule has 8 heteroatoms. The van der Waals surface area contributed by atoms with Gasteiger partial charge in [-0.15, -0.1) is 0 Å². The van der Waals surface area contributed by atoms with Gasteiger partial charge in [0.15, 0.2) is 6.10 Å². The number of aryl methyl sites for hydroxylation is 1. The second-order valence-corrected chi connectivity index (χ2v) is 7.12. The van der Waals surface area contributed by atoms with E-state index in [1.807, 2.05) is 13.0 Å². The van der Waals surface area contributed by atoms with E-state index >= 15 is 0 Å². The molecule has 138 valence electrons. The van der Waals surface area contributed by atoms with Gasteiger partial charge >= 0.3 is 5.97 Å². The minimum absolute atomic E-state index is 0.146.